The van der Waals surface area contributed by atoms with Crippen LogP contribution in [0.2, 0.25) is 0 Å². The molecule has 1 saturated heterocycles. The second kappa shape index (κ2) is 7.02. The number of rotatable bonds is 6. The van der Waals surface area contributed by atoms with Crippen molar-refractivity contribution in [3.05, 3.63) is 23.4 Å². The number of amides is 1. The Labute approximate surface area is 132 Å². The molecule has 0 aromatic carbocycles. The molecular formula is C15H19N3O3S. The highest BCUT2D eigenvalue weighted by molar-refractivity contribution is 7.13. The highest BCUT2D eigenvalue weighted by Gasteiger charge is 2.23. The Morgan fingerprint density at radius 2 is 2.50 bits per heavy atom. The summed E-state index contributed by atoms with van der Waals surface area (Å²) in [5.41, 5.74) is 0. The van der Waals surface area contributed by atoms with E-state index in [1.165, 1.54) is 0 Å². The Balaban J connectivity index is 1.46. The van der Waals surface area contributed by atoms with E-state index in [0.29, 0.717) is 24.6 Å². The van der Waals surface area contributed by atoms with E-state index in [0.717, 1.165) is 24.3 Å². The Morgan fingerprint density at radius 1 is 1.59 bits per heavy atom. The summed E-state index contributed by atoms with van der Waals surface area (Å²) in [7, 11) is 0. The predicted molar refractivity (Wildman–Crippen MR) is 82.5 cm³/mol. The van der Waals surface area contributed by atoms with Crippen molar-refractivity contribution < 1.29 is 14.1 Å². The molecule has 1 aliphatic rings. The first-order valence-corrected chi connectivity index (χ1v) is 8.38. The molecule has 2 atom stereocenters. The number of ether oxygens (including phenoxy) is 1. The van der Waals surface area contributed by atoms with E-state index in [2.05, 4.69) is 15.5 Å². The summed E-state index contributed by atoms with van der Waals surface area (Å²) < 4.78 is 10.8. The minimum absolute atomic E-state index is 0.0149. The lowest BCUT2D eigenvalue weighted by molar-refractivity contribution is -0.122. The van der Waals surface area contributed by atoms with E-state index in [1.54, 1.807) is 11.3 Å². The summed E-state index contributed by atoms with van der Waals surface area (Å²) in [6.45, 7) is 2.77. The largest absolute Gasteiger partial charge is 0.376 e. The van der Waals surface area contributed by atoms with Crippen molar-refractivity contribution in [2.75, 3.05) is 6.61 Å². The van der Waals surface area contributed by atoms with Gasteiger partial charge in [0.15, 0.2) is 0 Å². The smallest absolute Gasteiger partial charge is 0.227 e. The zero-order chi connectivity index (χ0) is 15.4. The number of nitrogens with zero attached hydrogens (tertiary/aromatic N) is 2. The molecular weight excluding hydrogens is 302 g/mol. The van der Waals surface area contributed by atoms with Crippen LogP contribution in [0.25, 0.3) is 10.7 Å². The Kier molecular flexibility index (Phi) is 4.84. The lowest BCUT2D eigenvalue weighted by Crippen LogP contribution is -2.40. The summed E-state index contributed by atoms with van der Waals surface area (Å²) in [5.74, 6) is 1.06. The van der Waals surface area contributed by atoms with Crippen molar-refractivity contribution in [3.63, 3.8) is 0 Å². The van der Waals surface area contributed by atoms with Gasteiger partial charge in [-0.2, -0.15) is 4.98 Å². The van der Waals surface area contributed by atoms with Crippen molar-refractivity contribution in [2.24, 2.45) is 0 Å². The summed E-state index contributed by atoms with van der Waals surface area (Å²) in [6.07, 6.45) is 3.00. The van der Waals surface area contributed by atoms with Crippen LogP contribution in [0.15, 0.2) is 22.0 Å². The quantitative estimate of drug-likeness (QED) is 0.884. The van der Waals surface area contributed by atoms with E-state index in [1.807, 2.05) is 24.4 Å². The number of hydrogen-bond acceptors (Lipinski definition) is 6. The van der Waals surface area contributed by atoms with Crippen molar-refractivity contribution in [1.29, 1.82) is 0 Å². The molecule has 0 unspecified atom stereocenters. The summed E-state index contributed by atoms with van der Waals surface area (Å²) in [6, 6.07) is 3.92. The van der Waals surface area contributed by atoms with E-state index in [9.17, 15) is 4.79 Å². The predicted octanol–water partition coefficient (Wildman–Crippen LogP) is 2.41. The second-order valence-corrected chi connectivity index (χ2v) is 6.34. The van der Waals surface area contributed by atoms with Gasteiger partial charge in [0.2, 0.25) is 17.6 Å². The van der Waals surface area contributed by atoms with E-state index in [-0.39, 0.29) is 18.1 Å². The van der Waals surface area contributed by atoms with Gasteiger partial charge < -0.3 is 14.6 Å². The van der Waals surface area contributed by atoms with E-state index in [4.69, 9.17) is 9.26 Å². The molecule has 1 amide bonds. The van der Waals surface area contributed by atoms with E-state index < -0.39 is 0 Å². The zero-order valence-electron chi connectivity index (χ0n) is 12.4. The van der Waals surface area contributed by atoms with Crippen molar-refractivity contribution in [3.8, 4) is 10.7 Å². The Bertz CT molecular complexity index is 605. The highest BCUT2D eigenvalue weighted by Crippen LogP contribution is 2.21. The van der Waals surface area contributed by atoms with Gasteiger partial charge in [-0.1, -0.05) is 11.2 Å². The summed E-state index contributed by atoms with van der Waals surface area (Å²) >= 11 is 1.56. The van der Waals surface area contributed by atoms with Gasteiger partial charge in [0, 0.05) is 19.4 Å². The number of aryl methyl sites for hydroxylation is 1. The van der Waals surface area contributed by atoms with Gasteiger partial charge >= 0.3 is 0 Å². The average Bonchev–Trinajstić information content (AvgIpc) is 3.25. The van der Waals surface area contributed by atoms with Gasteiger partial charge in [0.1, 0.15) is 0 Å². The van der Waals surface area contributed by atoms with Crippen LogP contribution in [-0.2, 0) is 16.0 Å². The number of nitrogens with one attached hydrogen (secondary N) is 1. The number of hydrogen-bond donors (Lipinski definition) is 1. The minimum atomic E-state index is -0.0149. The lowest BCUT2D eigenvalue weighted by Gasteiger charge is -2.19. The maximum atomic E-state index is 12.0. The molecule has 0 radical (unpaired) electrons. The van der Waals surface area contributed by atoms with Crippen LogP contribution in [0, 0.1) is 0 Å². The number of carbonyl (C=O) groups is 1. The maximum absolute atomic E-state index is 12.0. The molecule has 22 heavy (non-hydrogen) atoms. The fourth-order valence-electron chi connectivity index (χ4n) is 2.50. The first kappa shape index (κ1) is 15.2. The van der Waals surface area contributed by atoms with Crippen molar-refractivity contribution in [2.45, 2.75) is 44.8 Å². The Morgan fingerprint density at radius 3 is 3.23 bits per heavy atom. The topological polar surface area (TPSA) is 77.3 Å². The molecule has 6 nitrogen and oxygen atoms in total. The second-order valence-electron chi connectivity index (χ2n) is 5.40. The van der Waals surface area contributed by atoms with Gasteiger partial charge in [-0.05, 0) is 31.2 Å². The maximum Gasteiger partial charge on any atom is 0.227 e. The fourth-order valence-corrected chi connectivity index (χ4v) is 3.15. The van der Waals surface area contributed by atoms with E-state index >= 15 is 0 Å². The molecule has 0 aliphatic carbocycles. The molecule has 0 spiro atoms. The Hall–Kier alpha value is -1.73. The van der Waals surface area contributed by atoms with Crippen molar-refractivity contribution in [1.82, 2.24) is 15.5 Å². The molecule has 3 heterocycles. The van der Waals surface area contributed by atoms with Crippen LogP contribution in [0.1, 0.15) is 32.1 Å². The van der Waals surface area contributed by atoms with Gasteiger partial charge in [-0.25, -0.2) is 0 Å². The molecule has 1 fully saturated rings. The monoisotopic (exact) mass is 321 g/mol. The summed E-state index contributed by atoms with van der Waals surface area (Å²) in [4.78, 5) is 17.2. The molecule has 118 valence electrons. The SMILES string of the molecule is C[C@@H](NC(=O)CCc1nc(-c2cccs2)no1)[C@H]1CCCO1. The molecule has 0 saturated carbocycles. The normalized spacial score (nSPS) is 19.2. The van der Waals surface area contributed by atoms with Crippen LogP contribution in [0.3, 0.4) is 0 Å². The molecule has 1 N–H and O–H groups in total. The average molecular weight is 321 g/mol. The van der Waals surface area contributed by atoms with Gasteiger partial charge in [0.05, 0.1) is 17.0 Å². The standard InChI is InChI=1S/C15H19N3O3S/c1-10(11-4-2-8-20-11)16-13(19)6-7-14-17-15(18-21-14)12-5-3-9-22-12/h3,5,9-11H,2,4,6-8H2,1H3,(H,16,19)/t10-,11-/m1/s1. The summed E-state index contributed by atoms with van der Waals surface area (Å²) in [5, 5.41) is 8.87. The fraction of sp³-hybridized carbons (Fsp3) is 0.533. The van der Waals surface area contributed by atoms with Crippen LogP contribution in [0.5, 0.6) is 0 Å². The molecule has 3 rings (SSSR count). The number of carbonyl (C=O) groups excluding carboxylic acids is 1. The lowest BCUT2D eigenvalue weighted by atomic mass is 10.1. The van der Waals surface area contributed by atoms with Crippen LogP contribution >= 0.6 is 11.3 Å². The van der Waals surface area contributed by atoms with Crippen LogP contribution in [-0.4, -0.2) is 34.8 Å². The molecule has 1 aliphatic heterocycles. The van der Waals surface area contributed by atoms with Gasteiger partial charge in [-0.15, -0.1) is 11.3 Å². The van der Waals surface area contributed by atoms with Gasteiger partial charge in [-0.3, -0.25) is 4.79 Å². The third-order valence-electron chi connectivity index (χ3n) is 3.69. The van der Waals surface area contributed by atoms with Crippen LogP contribution < -0.4 is 5.32 Å². The molecule has 2 aromatic rings. The molecule has 0 bridgehead atoms. The third kappa shape index (κ3) is 3.72. The zero-order valence-corrected chi connectivity index (χ0v) is 13.3. The minimum Gasteiger partial charge on any atom is -0.376 e. The molecule has 7 heteroatoms. The molecule has 2 aromatic heterocycles. The third-order valence-corrected chi connectivity index (χ3v) is 4.55. The van der Waals surface area contributed by atoms with Crippen molar-refractivity contribution >= 4 is 17.2 Å². The number of aromatic nitrogens is 2. The van der Waals surface area contributed by atoms with Crippen LogP contribution in [0.4, 0.5) is 0 Å². The highest BCUT2D eigenvalue weighted by atomic mass is 32.1. The first-order chi connectivity index (χ1) is 10.7. The van der Waals surface area contributed by atoms with Gasteiger partial charge in [0.25, 0.3) is 0 Å². The first-order valence-electron chi connectivity index (χ1n) is 7.50. The number of thiophene rings is 1.